The SMILES string of the molecule is CCCCOc1cccc(NC(=O)C(N)c2ccc(C)cc2)c1. The number of rotatable bonds is 7. The Kier molecular flexibility index (Phi) is 6.18. The molecule has 1 unspecified atom stereocenters. The molecule has 1 atom stereocenters. The molecule has 0 heterocycles. The van der Waals surface area contributed by atoms with E-state index in [9.17, 15) is 4.79 Å². The van der Waals surface area contributed by atoms with Crippen molar-refractivity contribution in [3.05, 3.63) is 59.7 Å². The molecule has 4 heteroatoms. The smallest absolute Gasteiger partial charge is 0.245 e. The van der Waals surface area contributed by atoms with Gasteiger partial charge in [-0.05, 0) is 31.0 Å². The monoisotopic (exact) mass is 312 g/mol. The number of benzene rings is 2. The molecule has 122 valence electrons. The zero-order valence-corrected chi connectivity index (χ0v) is 13.7. The van der Waals surface area contributed by atoms with Crippen molar-refractivity contribution in [3.8, 4) is 5.75 Å². The summed E-state index contributed by atoms with van der Waals surface area (Å²) in [4.78, 5) is 12.3. The fraction of sp³-hybridized carbons (Fsp3) is 0.316. The Hall–Kier alpha value is -2.33. The number of carbonyl (C=O) groups is 1. The first-order chi connectivity index (χ1) is 11.1. The van der Waals surface area contributed by atoms with Gasteiger partial charge in [-0.2, -0.15) is 0 Å². The lowest BCUT2D eigenvalue weighted by atomic mass is 10.1. The average molecular weight is 312 g/mol. The molecule has 0 aromatic heterocycles. The summed E-state index contributed by atoms with van der Waals surface area (Å²) in [6.45, 7) is 4.79. The molecule has 2 rings (SSSR count). The van der Waals surface area contributed by atoms with E-state index >= 15 is 0 Å². The van der Waals surface area contributed by atoms with E-state index in [-0.39, 0.29) is 5.91 Å². The van der Waals surface area contributed by atoms with E-state index in [1.807, 2.05) is 55.5 Å². The molecule has 3 N–H and O–H groups in total. The number of nitrogens with one attached hydrogen (secondary N) is 1. The molecule has 2 aromatic carbocycles. The van der Waals surface area contributed by atoms with Crippen LogP contribution in [-0.2, 0) is 4.79 Å². The molecular weight excluding hydrogens is 288 g/mol. The van der Waals surface area contributed by atoms with Gasteiger partial charge in [-0.3, -0.25) is 4.79 Å². The molecule has 0 saturated heterocycles. The van der Waals surface area contributed by atoms with E-state index in [0.29, 0.717) is 12.3 Å². The van der Waals surface area contributed by atoms with Crippen LogP contribution in [0.1, 0.15) is 36.9 Å². The van der Waals surface area contributed by atoms with Gasteiger partial charge in [0.25, 0.3) is 0 Å². The zero-order valence-electron chi connectivity index (χ0n) is 13.7. The van der Waals surface area contributed by atoms with Crippen LogP contribution in [0.3, 0.4) is 0 Å². The van der Waals surface area contributed by atoms with Crippen LogP contribution in [0, 0.1) is 6.92 Å². The Morgan fingerprint density at radius 2 is 1.96 bits per heavy atom. The second-order valence-electron chi connectivity index (χ2n) is 5.61. The topological polar surface area (TPSA) is 64.3 Å². The number of unbranched alkanes of at least 4 members (excludes halogenated alkanes) is 1. The first kappa shape index (κ1) is 17.0. The normalized spacial score (nSPS) is 11.8. The van der Waals surface area contributed by atoms with Gasteiger partial charge in [0.1, 0.15) is 11.8 Å². The zero-order chi connectivity index (χ0) is 16.7. The number of nitrogens with two attached hydrogens (primary N) is 1. The Morgan fingerprint density at radius 3 is 2.65 bits per heavy atom. The minimum atomic E-state index is -0.694. The highest BCUT2D eigenvalue weighted by molar-refractivity contribution is 5.95. The number of anilines is 1. The fourth-order valence-electron chi connectivity index (χ4n) is 2.14. The molecule has 0 spiro atoms. The molecule has 1 amide bonds. The Labute approximate surface area is 137 Å². The predicted octanol–water partition coefficient (Wildman–Crippen LogP) is 3.81. The summed E-state index contributed by atoms with van der Waals surface area (Å²) >= 11 is 0. The number of aryl methyl sites for hydroxylation is 1. The Morgan fingerprint density at radius 1 is 1.22 bits per heavy atom. The molecule has 4 nitrogen and oxygen atoms in total. The lowest BCUT2D eigenvalue weighted by Crippen LogP contribution is -2.27. The van der Waals surface area contributed by atoms with Gasteiger partial charge >= 0.3 is 0 Å². The fourth-order valence-corrected chi connectivity index (χ4v) is 2.14. The van der Waals surface area contributed by atoms with Crippen molar-refractivity contribution in [1.82, 2.24) is 0 Å². The van der Waals surface area contributed by atoms with Gasteiger partial charge < -0.3 is 15.8 Å². The first-order valence-corrected chi connectivity index (χ1v) is 7.96. The largest absolute Gasteiger partial charge is 0.494 e. The van der Waals surface area contributed by atoms with Crippen LogP contribution < -0.4 is 15.8 Å². The summed E-state index contributed by atoms with van der Waals surface area (Å²) in [6, 6.07) is 14.3. The van der Waals surface area contributed by atoms with Crippen molar-refractivity contribution in [3.63, 3.8) is 0 Å². The molecule has 0 aliphatic heterocycles. The van der Waals surface area contributed by atoms with E-state index in [2.05, 4.69) is 12.2 Å². The van der Waals surface area contributed by atoms with Gasteiger partial charge in [0.05, 0.1) is 6.61 Å². The van der Waals surface area contributed by atoms with Gasteiger partial charge in [-0.1, -0.05) is 49.2 Å². The summed E-state index contributed by atoms with van der Waals surface area (Å²) in [5.74, 6) is 0.514. The minimum Gasteiger partial charge on any atom is -0.494 e. The summed E-state index contributed by atoms with van der Waals surface area (Å²) in [6.07, 6.45) is 2.09. The number of amides is 1. The summed E-state index contributed by atoms with van der Waals surface area (Å²) in [5.41, 5.74) is 8.65. The highest BCUT2D eigenvalue weighted by Gasteiger charge is 2.15. The molecular formula is C19H24N2O2. The molecule has 0 bridgehead atoms. The summed E-state index contributed by atoms with van der Waals surface area (Å²) < 4.78 is 5.64. The molecule has 23 heavy (non-hydrogen) atoms. The Bertz CT molecular complexity index is 638. The van der Waals surface area contributed by atoms with Crippen molar-refractivity contribution in [1.29, 1.82) is 0 Å². The van der Waals surface area contributed by atoms with Crippen LogP contribution in [0.2, 0.25) is 0 Å². The quantitative estimate of drug-likeness (QED) is 0.764. The molecule has 0 fully saturated rings. The number of hydrogen-bond acceptors (Lipinski definition) is 3. The maximum Gasteiger partial charge on any atom is 0.245 e. The molecule has 0 radical (unpaired) electrons. The van der Waals surface area contributed by atoms with Crippen molar-refractivity contribution < 1.29 is 9.53 Å². The summed E-state index contributed by atoms with van der Waals surface area (Å²) in [7, 11) is 0. The van der Waals surface area contributed by atoms with E-state index in [1.54, 1.807) is 0 Å². The van der Waals surface area contributed by atoms with Crippen LogP contribution in [0.15, 0.2) is 48.5 Å². The van der Waals surface area contributed by atoms with E-state index in [0.717, 1.165) is 29.7 Å². The van der Waals surface area contributed by atoms with Gasteiger partial charge in [0.15, 0.2) is 0 Å². The highest BCUT2D eigenvalue weighted by Crippen LogP contribution is 2.19. The maximum absolute atomic E-state index is 12.3. The molecule has 0 aliphatic carbocycles. The lowest BCUT2D eigenvalue weighted by molar-refractivity contribution is -0.117. The van der Waals surface area contributed by atoms with Crippen LogP contribution in [0.25, 0.3) is 0 Å². The maximum atomic E-state index is 12.3. The third-order valence-corrected chi connectivity index (χ3v) is 3.59. The standard InChI is InChI=1S/C19H24N2O2/c1-3-4-12-23-17-7-5-6-16(13-17)21-19(22)18(20)15-10-8-14(2)9-11-15/h5-11,13,18H,3-4,12,20H2,1-2H3,(H,21,22). The highest BCUT2D eigenvalue weighted by atomic mass is 16.5. The van der Waals surface area contributed by atoms with Gasteiger partial charge in [0.2, 0.25) is 5.91 Å². The third kappa shape index (κ3) is 5.11. The van der Waals surface area contributed by atoms with Gasteiger partial charge in [0, 0.05) is 11.8 Å². The van der Waals surface area contributed by atoms with Crippen LogP contribution in [0.5, 0.6) is 5.75 Å². The van der Waals surface area contributed by atoms with E-state index in [4.69, 9.17) is 10.5 Å². The first-order valence-electron chi connectivity index (χ1n) is 7.96. The predicted molar refractivity (Wildman–Crippen MR) is 93.6 cm³/mol. The van der Waals surface area contributed by atoms with Crippen molar-refractivity contribution in [2.24, 2.45) is 5.73 Å². The second-order valence-corrected chi connectivity index (χ2v) is 5.61. The van der Waals surface area contributed by atoms with Crippen LogP contribution in [0.4, 0.5) is 5.69 Å². The van der Waals surface area contributed by atoms with Crippen molar-refractivity contribution in [2.75, 3.05) is 11.9 Å². The molecule has 0 aliphatic rings. The van der Waals surface area contributed by atoms with Crippen LogP contribution in [-0.4, -0.2) is 12.5 Å². The van der Waals surface area contributed by atoms with Crippen molar-refractivity contribution in [2.45, 2.75) is 32.7 Å². The number of carbonyl (C=O) groups excluding carboxylic acids is 1. The third-order valence-electron chi connectivity index (χ3n) is 3.59. The van der Waals surface area contributed by atoms with Gasteiger partial charge in [-0.15, -0.1) is 0 Å². The van der Waals surface area contributed by atoms with Crippen LogP contribution >= 0.6 is 0 Å². The second kappa shape index (κ2) is 8.34. The average Bonchev–Trinajstić information content (AvgIpc) is 2.55. The molecule has 2 aromatic rings. The minimum absolute atomic E-state index is 0.237. The summed E-state index contributed by atoms with van der Waals surface area (Å²) in [5, 5.41) is 2.84. The van der Waals surface area contributed by atoms with Crippen molar-refractivity contribution >= 4 is 11.6 Å². The lowest BCUT2D eigenvalue weighted by Gasteiger charge is -2.14. The molecule has 0 saturated carbocycles. The number of ether oxygens (including phenoxy) is 1. The van der Waals surface area contributed by atoms with Gasteiger partial charge in [-0.25, -0.2) is 0 Å². The van der Waals surface area contributed by atoms with E-state index in [1.165, 1.54) is 0 Å². The number of hydrogen-bond donors (Lipinski definition) is 2. The van der Waals surface area contributed by atoms with E-state index < -0.39 is 6.04 Å². The Balaban J connectivity index is 1.99.